The van der Waals surface area contributed by atoms with E-state index in [2.05, 4.69) is 4.98 Å². The summed E-state index contributed by atoms with van der Waals surface area (Å²) < 4.78 is 11.4. The third-order valence-corrected chi connectivity index (χ3v) is 2.30. The van der Waals surface area contributed by atoms with E-state index < -0.39 is 12.3 Å². The fraction of sp³-hybridized carbons (Fsp3) is 0.700. The van der Waals surface area contributed by atoms with Crippen molar-refractivity contribution in [2.45, 2.75) is 32.7 Å². The smallest absolute Gasteiger partial charge is 0.390 e. The highest BCUT2D eigenvalue weighted by molar-refractivity contribution is 7.56. The molecule has 8 heteroatoms. The molecule has 0 aliphatic carbocycles. The molecule has 104 valence electrons. The van der Waals surface area contributed by atoms with E-state index >= 15 is 0 Å². The minimum absolute atomic E-state index is 0.0909. The number of nitrogens with zero attached hydrogens (tertiary/aromatic N) is 3. The van der Waals surface area contributed by atoms with Crippen LogP contribution in [0.2, 0.25) is 0 Å². The Labute approximate surface area is 106 Å². The Morgan fingerprint density at radius 1 is 1.56 bits per heavy atom. The quantitative estimate of drug-likeness (QED) is 0.519. The van der Waals surface area contributed by atoms with Crippen LogP contribution < -0.4 is 0 Å². The van der Waals surface area contributed by atoms with Gasteiger partial charge in [0.05, 0.1) is 5.54 Å². The molecule has 1 aromatic rings. The lowest BCUT2D eigenvalue weighted by Crippen LogP contribution is -2.25. The van der Waals surface area contributed by atoms with E-state index in [0.717, 1.165) is 6.42 Å². The summed E-state index contributed by atoms with van der Waals surface area (Å²) in [5, 5.41) is 10.6. The van der Waals surface area contributed by atoms with Gasteiger partial charge < -0.3 is 15.0 Å². The van der Waals surface area contributed by atoms with Crippen molar-refractivity contribution < 1.29 is 14.4 Å². The van der Waals surface area contributed by atoms with Gasteiger partial charge in [-0.05, 0) is 25.2 Å². The molecule has 1 N–H and O–H groups in total. The fourth-order valence-corrected chi connectivity index (χ4v) is 1.07. The lowest BCUT2D eigenvalue weighted by molar-refractivity contribution is -0.398. The van der Waals surface area contributed by atoms with E-state index in [1.807, 2.05) is 20.8 Å². The Balaban J connectivity index is 0.000000494. The van der Waals surface area contributed by atoms with Crippen molar-refractivity contribution in [1.82, 2.24) is 9.55 Å². The highest BCUT2D eigenvalue weighted by atomic mass is 31.2. The SMILES string of the molecule is CCC(C)(C)n1ccnc1[N+](=O)[O-].CP(C)(=O)O. The molecule has 0 unspecified atom stereocenters. The monoisotopic (exact) mass is 277 g/mol. The van der Waals surface area contributed by atoms with Gasteiger partial charge in [0.1, 0.15) is 12.4 Å². The Hall–Kier alpha value is -1.20. The zero-order valence-corrected chi connectivity index (χ0v) is 12.2. The van der Waals surface area contributed by atoms with Gasteiger partial charge in [-0.1, -0.05) is 11.9 Å². The fourth-order valence-electron chi connectivity index (χ4n) is 1.07. The van der Waals surface area contributed by atoms with Crippen molar-refractivity contribution in [3.63, 3.8) is 0 Å². The van der Waals surface area contributed by atoms with Crippen LogP contribution in [0.5, 0.6) is 0 Å². The molecular weight excluding hydrogens is 257 g/mol. The lowest BCUT2D eigenvalue weighted by atomic mass is 10.0. The molecule has 0 radical (unpaired) electrons. The first kappa shape index (κ1) is 16.8. The van der Waals surface area contributed by atoms with Crippen molar-refractivity contribution in [3.8, 4) is 0 Å². The third kappa shape index (κ3) is 5.93. The molecule has 0 bridgehead atoms. The normalized spacial score (nSPS) is 11.7. The van der Waals surface area contributed by atoms with Crippen molar-refractivity contribution in [1.29, 1.82) is 0 Å². The predicted octanol–water partition coefficient (Wildman–Crippen LogP) is 2.45. The van der Waals surface area contributed by atoms with Gasteiger partial charge in [0.15, 0.2) is 7.37 Å². The molecule has 0 saturated carbocycles. The van der Waals surface area contributed by atoms with E-state index in [1.165, 1.54) is 19.5 Å². The summed E-state index contributed by atoms with van der Waals surface area (Å²) in [7, 11) is -2.64. The number of nitro groups is 1. The van der Waals surface area contributed by atoms with Gasteiger partial charge >= 0.3 is 5.95 Å². The maximum atomic E-state index is 10.6. The summed E-state index contributed by atoms with van der Waals surface area (Å²) in [5.41, 5.74) is -0.251. The second kappa shape index (κ2) is 6.11. The average molecular weight is 277 g/mol. The number of rotatable bonds is 3. The first-order chi connectivity index (χ1) is 7.99. The molecule has 0 fully saturated rings. The van der Waals surface area contributed by atoms with Crippen LogP contribution in [0.3, 0.4) is 0 Å². The minimum atomic E-state index is -2.64. The van der Waals surface area contributed by atoms with Gasteiger partial charge in [0.2, 0.25) is 0 Å². The molecule has 0 aromatic carbocycles. The molecule has 0 spiro atoms. The second-order valence-electron chi connectivity index (χ2n) is 4.81. The number of hydrogen-bond acceptors (Lipinski definition) is 4. The van der Waals surface area contributed by atoms with E-state index in [1.54, 1.807) is 10.8 Å². The molecule has 7 nitrogen and oxygen atoms in total. The van der Waals surface area contributed by atoms with Crippen LogP contribution >= 0.6 is 7.37 Å². The highest BCUT2D eigenvalue weighted by Gasteiger charge is 2.27. The standard InChI is InChI=1S/C8H13N3O2.C2H7O2P/c1-4-8(2,3)10-6-5-9-7(10)11(12)13;1-5(2,3)4/h5-6H,4H2,1-3H3;1-2H3,(H,3,4). The molecule has 0 amide bonds. The molecular formula is C10H20N3O4P. The van der Waals surface area contributed by atoms with Gasteiger partial charge in [-0.15, -0.1) is 0 Å². The van der Waals surface area contributed by atoms with Crippen molar-refractivity contribution >= 4 is 13.3 Å². The van der Waals surface area contributed by atoms with Crippen LogP contribution in [0.4, 0.5) is 5.95 Å². The van der Waals surface area contributed by atoms with Gasteiger partial charge in [-0.3, -0.25) is 4.57 Å². The van der Waals surface area contributed by atoms with Crippen LogP contribution in [0.1, 0.15) is 27.2 Å². The topological polar surface area (TPSA) is 98.3 Å². The molecule has 1 rings (SSSR count). The second-order valence-corrected chi connectivity index (χ2v) is 7.40. The summed E-state index contributed by atoms with van der Waals surface area (Å²) in [5.74, 6) is -0.0909. The molecule has 0 atom stereocenters. The predicted molar refractivity (Wildman–Crippen MR) is 70.2 cm³/mol. The van der Waals surface area contributed by atoms with Crippen molar-refractivity contribution in [3.05, 3.63) is 22.5 Å². The molecule has 1 aromatic heterocycles. The van der Waals surface area contributed by atoms with Crippen molar-refractivity contribution in [2.75, 3.05) is 13.3 Å². The van der Waals surface area contributed by atoms with Crippen LogP contribution in [0.25, 0.3) is 0 Å². The van der Waals surface area contributed by atoms with E-state index in [-0.39, 0.29) is 11.5 Å². The van der Waals surface area contributed by atoms with Crippen LogP contribution in [-0.2, 0) is 10.1 Å². The molecule has 1 heterocycles. The van der Waals surface area contributed by atoms with Crippen LogP contribution in [0.15, 0.2) is 12.4 Å². The largest absolute Gasteiger partial charge is 0.434 e. The van der Waals surface area contributed by atoms with Crippen molar-refractivity contribution in [2.24, 2.45) is 0 Å². The summed E-state index contributed by atoms with van der Waals surface area (Å²) >= 11 is 0. The maximum absolute atomic E-state index is 10.6. The Morgan fingerprint density at radius 3 is 2.33 bits per heavy atom. The Morgan fingerprint density at radius 2 is 2.00 bits per heavy atom. The van der Waals surface area contributed by atoms with E-state index in [4.69, 9.17) is 4.89 Å². The van der Waals surface area contributed by atoms with Crippen LogP contribution in [0, 0.1) is 10.1 Å². The Bertz CT molecular complexity index is 441. The van der Waals surface area contributed by atoms with Gasteiger partial charge in [0.25, 0.3) is 0 Å². The first-order valence-electron chi connectivity index (χ1n) is 5.45. The maximum Gasteiger partial charge on any atom is 0.434 e. The van der Waals surface area contributed by atoms with Gasteiger partial charge in [-0.25, -0.2) is 4.57 Å². The van der Waals surface area contributed by atoms with Crippen LogP contribution in [-0.4, -0.2) is 32.7 Å². The zero-order valence-electron chi connectivity index (χ0n) is 11.3. The summed E-state index contributed by atoms with van der Waals surface area (Å²) in [6, 6.07) is 0. The van der Waals surface area contributed by atoms with E-state index in [0.29, 0.717) is 0 Å². The zero-order chi connectivity index (χ0) is 14.6. The molecule has 0 aliphatic heterocycles. The first-order valence-corrected chi connectivity index (χ1v) is 8.00. The highest BCUT2D eigenvalue weighted by Crippen LogP contribution is 2.27. The number of aromatic nitrogens is 2. The molecule has 0 saturated heterocycles. The number of imidazole rings is 1. The number of hydrogen-bond donors (Lipinski definition) is 1. The summed E-state index contributed by atoms with van der Waals surface area (Å²) in [6.45, 7) is 8.48. The van der Waals surface area contributed by atoms with E-state index in [9.17, 15) is 14.7 Å². The van der Waals surface area contributed by atoms with Gasteiger partial charge in [0, 0.05) is 13.3 Å². The third-order valence-electron chi connectivity index (χ3n) is 2.30. The van der Waals surface area contributed by atoms with Gasteiger partial charge in [-0.2, -0.15) is 0 Å². The lowest BCUT2D eigenvalue weighted by Gasteiger charge is -2.20. The summed E-state index contributed by atoms with van der Waals surface area (Å²) in [4.78, 5) is 21.9. The average Bonchev–Trinajstić information content (AvgIpc) is 2.63. The molecule has 18 heavy (non-hydrogen) atoms. The molecule has 0 aliphatic rings. The minimum Gasteiger partial charge on any atom is -0.390 e. The Kier molecular flexibility index (Phi) is 5.70. The summed E-state index contributed by atoms with van der Waals surface area (Å²) in [6.07, 6.45) is 3.92.